The van der Waals surface area contributed by atoms with Crippen molar-refractivity contribution in [3.63, 3.8) is 0 Å². The molecule has 0 atom stereocenters. The Kier molecular flexibility index (Phi) is 7.56. The van der Waals surface area contributed by atoms with Crippen molar-refractivity contribution in [1.29, 1.82) is 0 Å². The van der Waals surface area contributed by atoms with E-state index in [9.17, 15) is 9.59 Å². The fourth-order valence-corrected chi connectivity index (χ4v) is 4.51. The SMILES string of the molecule is COc1cc(OC)cc(C(=O)N2CCN(c3ccc(NC(=O)c4ccccc4I)cc3)CC2)c1. The Balaban J connectivity index is 1.36. The van der Waals surface area contributed by atoms with Crippen LogP contribution in [0.5, 0.6) is 11.5 Å². The van der Waals surface area contributed by atoms with Crippen LogP contribution < -0.4 is 19.7 Å². The molecule has 0 aliphatic carbocycles. The van der Waals surface area contributed by atoms with Crippen LogP contribution >= 0.6 is 22.6 Å². The van der Waals surface area contributed by atoms with Gasteiger partial charge >= 0.3 is 0 Å². The molecule has 0 unspecified atom stereocenters. The van der Waals surface area contributed by atoms with E-state index in [1.54, 1.807) is 32.4 Å². The molecule has 1 aliphatic rings. The summed E-state index contributed by atoms with van der Waals surface area (Å²) >= 11 is 2.16. The number of ether oxygens (including phenoxy) is 2. The molecule has 1 saturated heterocycles. The Hall–Kier alpha value is -3.27. The van der Waals surface area contributed by atoms with Crippen molar-refractivity contribution < 1.29 is 19.1 Å². The van der Waals surface area contributed by atoms with Crippen molar-refractivity contribution in [2.24, 2.45) is 0 Å². The largest absolute Gasteiger partial charge is 0.497 e. The lowest BCUT2D eigenvalue weighted by Gasteiger charge is -2.36. The Morgan fingerprint density at radius 2 is 1.47 bits per heavy atom. The standard InChI is InChI=1S/C26H26IN3O4/c1-33-21-15-18(16-22(17-21)34-2)26(32)30-13-11-29(12-14-30)20-9-7-19(8-10-20)28-25(31)23-5-3-4-6-24(23)27/h3-10,15-17H,11-14H2,1-2H3,(H,28,31). The Labute approximate surface area is 212 Å². The van der Waals surface area contributed by atoms with E-state index in [-0.39, 0.29) is 11.8 Å². The van der Waals surface area contributed by atoms with Crippen LogP contribution in [0.3, 0.4) is 0 Å². The van der Waals surface area contributed by atoms with Crippen LogP contribution in [0, 0.1) is 3.57 Å². The van der Waals surface area contributed by atoms with Gasteiger partial charge in [0, 0.05) is 52.8 Å². The zero-order valence-corrected chi connectivity index (χ0v) is 21.2. The van der Waals surface area contributed by atoms with Crippen molar-refractivity contribution in [2.75, 3.05) is 50.6 Å². The Morgan fingerprint density at radius 3 is 2.06 bits per heavy atom. The van der Waals surface area contributed by atoms with Gasteiger partial charge in [0.2, 0.25) is 0 Å². The number of benzene rings is 3. The van der Waals surface area contributed by atoms with Crippen molar-refractivity contribution >= 4 is 45.8 Å². The van der Waals surface area contributed by atoms with E-state index in [0.29, 0.717) is 35.7 Å². The second-order valence-corrected chi connectivity index (χ2v) is 9.02. The van der Waals surface area contributed by atoms with Crippen LogP contribution in [-0.2, 0) is 0 Å². The lowest BCUT2D eigenvalue weighted by molar-refractivity contribution is 0.0746. The van der Waals surface area contributed by atoms with Crippen molar-refractivity contribution in [1.82, 2.24) is 4.90 Å². The number of nitrogens with zero attached hydrogens (tertiary/aromatic N) is 2. The molecule has 0 spiro atoms. The molecule has 1 N–H and O–H groups in total. The minimum Gasteiger partial charge on any atom is -0.497 e. The van der Waals surface area contributed by atoms with Gasteiger partial charge in [0.05, 0.1) is 19.8 Å². The van der Waals surface area contributed by atoms with Crippen LogP contribution in [0.1, 0.15) is 20.7 Å². The lowest BCUT2D eigenvalue weighted by atomic mass is 10.1. The predicted octanol–water partition coefficient (Wildman–Crippen LogP) is 4.52. The van der Waals surface area contributed by atoms with Crippen LogP contribution in [0.25, 0.3) is 0 Å². The van der Waals surface area contributed by atoms with Gasteiger partial charge < -0.3 is 24.6 Å². The van der Waals surface area contributed by atoms with Gasteiger partial charge in [-0.05, 0) is 71.1 Å². The molecule has 0 aromatic heterocycles. The molecule has 7 nitrogen and oxygen atoms in total. The van der Waals surface area contributed by atoms with Gasteiger partial charge in [-0.25, -0.2) is 0 Å². The highest BCUT2D eigenvalue weighted by atomic mass is 127. The molecule has 176 valence electrons. The summed E-state index contributed by atoms with van der Waals surface area (Å²) < 4.78 is 11.5. The third-order valence-electron chi connectivity index (χ3n) is 5.77. The zero-order valence-electron chi connectivity index (χ0n) is 19.1. The average Bonchev–Trinajstić information content (AvgIpc) is 2.88. The molecule has 0 radical (unpaired) electrons. The first-order valence-electron chi connectivity index (χ1n) is 10.9. The van der Waals surface area contributed by atoms with Gasteiger partial charge in [0.15, 0.2) is 0 Å². The van der Waals surface area contributed by atoms with Crippen LogP contribution in [0.15, 0.2) is 66.7 Å². The predicted molar refractivity (Wildman–Crippen MR) is 141 cm³/mol. The zero-order chi connectivity index (χ0) is 24.1. The second-order valence-electron chi connectivity index (χ2n) is 7.86. The molecule has 1 aliphatic heterocycles. The molecule has 2 amide bonds. The molecule has 8 heteroatoms. The highest BCUT2D eigenvalue weighted by molar-refractivity contribution is 14.1. The monoisotopic (exact) mass is 571 g/mol. The first-order valence-corrected chi connectivity index (χ1v) is 12.0. The molecule has 1 fully saturated rings. The number of hydrogen-bond acceptors (Lipinski definition) is 5. The summed E-state index contributed by atoms with van der Waals surface area (Å²) in [6, 6.07) is 20.5. The number of amides is 2. The number of halogens is 1. The van der Waals surface area contributed by atoms with Gasteiger partial charge in [-0.15, -0.1) is 0 Å². The maximum absolute atomic E-state index is 13.0. The molecule has 4 rings (SSSR count). The molecule has 3 aromatic rings. The van der Waals surface area contributed by atoms with E-state index >= 15 is 0 Å². The smallest absolute Gasteiger partial charge is 0.256 e. The van der Waals surface area contributed by atoms with E-state index in [2.05, 4.69) is 32.8 Å². The first-order chi connectivity index (χ1) is 16.5. The van der Waals surface area contributed by atoms with Gasteiger partial charge in [-0.2, -0.15) is 0 Å². The number of rotatable bonds is 6. The molecular weight excluding hydrogens is 545 g/mol. The number of anilines is 2. The highest BCUT2D eigenvalue weighted by Gasteiger charge is 2.23. The highest BCUT2D eigenvalue weighted by Crippen LogP contribution is 2.25. The second kappa shape index (κ2) is 10.8. The van der Waals surface area contributed by atoms with Crippen molar-refractivity contribution in [3.05, 3.63) is 81.4 Å². The summed E-state index contributed by atoms with van der Waals surface area (Å²) in [5.41, 5.74) is 3.01. The minimum absolute atomic E-state index is 0.0366. The van der Waals surface area contributed by atoms with E-state index < -0.39 is 0 Å². The van der Waals surface area contributed by atoms with Gasteiger partial charge in [-0.3, -0.25) is 9.59 Å². The minimum atomic E-state index is -0.126. The van der Waals surface area contributed by atoms with Crippen LogP contribution in [0.2, 0.25) is 0 Å². The maximum Gasteiger partial charge on any atom is 0.256 e. The summed E-state index contributed by atoms with van der Waals surface area (Å²) in [5.74, 6) is 1.02. The number of hydrogen-bond donors (Lipinski definition) is 1. The van der Waals surface area contributed by atoms with Gasteiger partial charge in [-0.1, -0.05) is 12.1 Å². The molecule has 0 saturated carbocycles. The third-order valence-corrected chi connectivity index (χ3v) is 6.71. The number of carbonyl (C=O) groups excluding carboxylic acids is 2. The van der Waals surface area contributed by atoms with Crippen LogP contribution in [-0.4, -0.2) is 57.1 Å². The topological polar surface area (TPSA) is 71.1 Å². The summed E-state index contributed by atoms with van der Waals surface area (Å²) in [5, 5.41) is 2.95. The van der Waals surface area contributed by atoms with Crippen molar-refractivity contribution in [3.8, 4) is 11.5 Å². The molecule has 1 heterocycles. The van der Waals surface area contributed by atoms with Gasteiger partial charge in [0.1, 0.15) is 11.5 Å². The Morgan fingerprint density at radius 1 is 0.853 bits per heavy atom. The van der Waals surface area contributed by atoms with Crippen molar-refractivity contribution in [2.45, 2.75) is 0 Å². The summed E-state index contributed by atoms with van der Waals surface area (Å²) in [7, 11) is 3.14. The number of methoxy groups -OCH3 is 2. The molecule has 3 aromatic carbocycles. The van der Waals surface area contributed by atoms with E-state index in [1.807, 2.05) is 53.4 Å². The average molecular weight is 571 g/mol. The van der Waals surface area contributed by atoms with Gasteiger partial charge in [0.25, 0.3) is 11.8 Å². The number of piperazine rings is 1. The maximum atomic E-state index is 13.0. The molecule has 0 bridgehead atoms. The quantitative estimate of drug-likeness (QED) is 0.441. The summed E-state index contributed by atoms with van der Waals surface area (Å²) in [6.07, 6.45) is 0. The number of nitrogens with one attached hydrogen (secondary N) is 1. The van der Waals surface area contributed by atoms with E-state index in [4.69, 9.17) is 9.47 Å². The third kappa shape index (κ3) is 5.44. The first kappa shape index (κ1) is 23.9. The number of carbonyl (C=O) groups is 2. The summed E-state index contributed by atoms with van der Waals surface area (Å²) in [6.45, 7) is 2.67. The summed E-state index contributed by atoms with van der Waals surface area (Å²) in [4.78, 5) is 29.6. The fraction of sp³-hybridized carbons (Fsp3) is 0.231. The lowest BCUT2D eigenvalue weighted by Crippen LogP contribution is -2.48. The molecule has 34 heavy (non-hydrogen) atoms. The van der Waals surface area contributed by atoms with Crippen LogP contribution in [0.4, 0.5) is 11.4 Å². The van der Waals surface area contributed by atoms with E-state index in [1.165, 1.54) is 0 Å². The Bertz CT molecular complexity index is 1150. The molecular formula is C26H26IN3O4. The fourth-order valence-electron chi connectivity index (χ4n) is 3.88. The normalized spacial score (nSPS) is 13.4. The van der Waals surface area contributed by atoms with E-state index in [0.717, 1.165) is 28.0 Å².